The predicted octanol–water partition coefficient (Wildman–Crippen LogP) is 1.26. The maximum atomic E-state index is 14.4. The van der Waals surface area contributed by atoms with Crippen molar-refractivity contribution in [2.24, 2.45) is 5.73 Å². The largest absolute Gasteiger partial charge is 0.493 e. The molecule has 1 saturated carbocycles. The Labute approximate surface area is 140 Å². The molecule has 2 rings (SSSR count). The van der Waals surface area contributed by atoms with Gasteiger partial charge < -0.3 is 15.2 Å². The second kappa shape index (κ2) is 6.56. The number of halogens is 1. The maximum absolute atomic E-state index is 14.4. The number of ether oxygens (including phenoxy) is 2. The van der Waals surface area contributed by atoms with Crippen LogP contribution in [0.4, 0.5) is 4.39 Å². The molecule has 1 aromatic carbocycles. The Morgan fingerprint density at radius 2 is 1.71 bits per heavy atom. The Kier molecular flexibility index (Phi) is 5.05. The normalized spacial score (nSPS) is 17.0. The molecule has 0 bridgehead atoms. The minimum Gasteiger partial charge on any atom is -0.493 e. The first-order valence-electron chi connectivity index (χ1n) is 7.41. The number of likely N-dealkylation sites (N-methyl/N-ethyl adjacent to an activating group) is 1. The van der Waals surface area contributed by atoms with Gasteiger partial charge in [-0.15, -0.1) is 0 Å². The lowest BCUT2D eigenvalue weighted by Gasteiger charge is -2.34. The lowest BCUT2D eigenvalue weighted by Crippen LogP contribution is -2.56. The number of carbonyl (C=O) groups excluding carboxylic acids is 1. The molecule has 24 heavy (non-hydrogen) atoms. The van der Waals surface area contributed by atoms with E-state index < -0.39 is 32.2 Å². The van der Waals surface area contributed by atoms with Gasteiger partial charge in [0.2, 0.25) is 15.9 Å². The number of nitrogens with two attached hydrogens (primary N) is 1. The molecule has 0 spiro atoms. The Bertz CT molecular complexity index is 744. The number of sulfonamides is 1. The molecule has 0 aromatic heterocycles. The van der Waals surface area contributed by atoms with Crippen LogP contribution in [0.2, 0.25) is 0 Å². The van der Waals surface area contributed by atoms with Gasteiger partial charge in [-0.3, -0.25) is 4.79 Å². The quantitative estimate of drug-likeness (QED) is 0.823. The molecule has 1 aliphatic rings. The number of rotatable bonds is 6. The van der Waals surface area contributed by atoms with Crippen LogP contribution in [0.3, 0.4) is 0 Å². The minimum absolute atomic E-state index is 0.0714. The predicted molar refractivity (Wildman–Crippen MR) is 84.8 cm³/mol. The first kappa shape index (κ1) is 18.5. The molecule has 2 N–H and O–H groups in total. The monoisotopic (exact) mass is 360 g/mol. The Hall–Kier alpha value is -1.87. The van der Waals surface area contributed by atoms with E-state index in [9.17, 15) is 17.6 Å². The number of carbonyl (C=O) groups is 1. The van der Waals surface area contributed by atoms with E-state index in [1.54, 1.807) is 0 Å². The van der Waals surface area contributed by atoms with Crippen molar-refractivity contribution in [2.75, 3.05) is 21.3 Å². The van der Waals surface area contributed by atoms with Gasteiger partial charge in [-0.05, 0) is 12.8 Å². The average molecular weight is 360 g/mol. The van der Waals surface area contributed by atoms with Gasteiger partial charge in [0.1, 0.15) is 16.3 Å². The summed E-state index contributed by atoms with van der Waals surface area (Å²) >= 11 is 0. The van der Waals surface area contributed by atoms with Gasteiger partial charge >= 0.3 is 0 Å². The van der Waals surface area contributed by atoms with Gasteiger partial charge in [-0.2, -0.15) is 4.31 Å². The van der Waals surface area contributed by atoms with Crippen molar-refractivity contribution in [3.05, 3.63) is 17.9 Å². The molecule has 1 fully saturated rings. The number of amides is 1. The van der Waals surface area contributed by atoms with E-state index in [4.69, 9.17) is 15.2 Å². The number of benzene rings is 1. The van der Waals surface area contributed by atoms with E-state index in [2.05, 4.69) is 0 Å². The van der Waals surface area contributed by atoms with E-state index in [0.29, 0.717) is 25.7 Å². The first-order valence-corrected chi connectivity index (χ1v) is 8.85. The molecule has 1 aromatic rings. The molecule has 0 unspecified atom stereocenters. The minimum atomic E-state index is -4.29. The van der Waals surface area contributed by atoms with Crippen LogP contribution in [0.15, 0.2) is 17.0 Å². The first-order chi connectivity index (χ1) is 11.2. The van der Waals surface area contributed by atoms with E-state index in [1.165, 1.54) is 21.3 Å². The number of hydrogen-bond donors (Lipinski definition) is 1. The van der Waals surface area contributed by atoms with Crippen molar-refractivity contribution >= 4 is 15.9 Å². The van der Waals surface area contributed by atoms with E-state index in [1.807, 2.05) is 0 Å². The molecule has 0 radical (unpaired) electrons. The third kappa shape index (κ3) is 2.82. The van der Waals surface area contributed by atoms with Crippen LogP contribution in [0.1, 0.15) is 25.7 Å². The third-order valence-electron chi connectivity index (χ3n) is 4.57. The van der Waals surface area contributed by atoms with Crippen molar-refractivity contribution in [3.8, 4) is 11.5 Å². The maximum Gasteiger partial charge on any atom is 0.246 e. The number of hydrogen-bond acceptors (Lipinski definition) is 5. The van der Waals surface area contributed by atoms with E-state index in [0.717, 1.165) is 16.4 Å². The summed E-state index contributed by atoms with van der Waals surface area (Å²) in [6.45, 7) is 0. The summed E-state index contributed by atoms with van der Waals surface area (Å²) in [5, 5.41) is 0. The fraction of sp³-hybridized carbons (Fsp3) is 0.533. The van der Waals surface area contributed by atoms with Crippen LogP contribution in [0.5, 0.6) is 11.5 Å². The fourth-order valence-corrected chi connectivity index (χ4v) is 4.68. The lowest BCUT2D eigenvalue weighted by atomic mass is 9.97. The molecular formula is C15H21FN2O5S. The molecule has 0 saturated heterocycles. The second-order valence-electron chi connectivity index (χ2n) is 5.71. The van der Waals surface area contributed by atoms with Gasteiger partial charge in [0.15, 0.2) is 11.5 Å². The van der Waals surface area contributed by atoms with Crippen LogP contribution < -0.4 is 15.2 Å². The second-order valence-corrected chi connectivity index (χ2v) is 7.65. The van der Waals surface area contributed by atoms with Crippen molar-refractivity contribution in [1.82, 2.24) is 4.31 Å². The van der Waals surface area contributed by atoms with Crippen molar-refractivity contribution in [3.63, 3.8) is 0 Å². The van der Waals surface area contributed by atoms with Crippen molar-refractivity contribution in [2.45, 2.75) is 36.1 Å². The van der Waals surface area contributed by atoms with E-state index >= 15 is 0 Å². The molecule has 0 aliphatic heterocycles. The van der Waals surface area contributed by atoms with Gasteiger partial charge in [0.05, 0.1) is 14.2 Å². The summed E-state index contributed by atoms with van der Waals surface area (Å²) < 4.78 is 51.0. The van der Waals surface area contributed by atoms with Crippen LogP contribution in [-0.4, -0.2) is 45.4 Å². The van der Waals surface area contributed by atoms with Crippen LogP contribution >= 0.6 is 0 Å². The molecule has 1 amide bonds. The SMILES string of the molecule is COc1cc(F)c(S(=O)(=O)N(C)C2(C(N)=O)CCCC2)cc1OC. The molecule has 0 heterocycles. The van der Waals surface area contributed by atoms with Crippen LogP contribution in [0.25, 0.3) is 0 Å². The molecule has 0 atom stereocenters. The van der Waals surface area contributed by atoms with Crippen LogP contribution in [0, 0.1) is 5.82 Å². The zero-order valence-electron chi connectivity index (χ0n) is 13.8. The topological polar surface area (TPSA) is 98.9 Å². The average Bonchev–Trinajstić information content (AvgIpc) is 3.04. The molecule has 1 aliphatic carbocycles. The van der Waals surface area contributed by atoms with Gasteiger partial charge in [0, 0.05) is 19.2 Å². The molecule has 9 heteroatoms. The van der Waals surface area contributed by atoms with Gasteiger partial charge in [-0.1, -0.05) is 12.8 Å². The third-order valence-corrected chi connectivity index (χ3v) is 6.51. The highest BCUT2D eigenvalue weighted by Crippen LogP contribution is 2.39. The standard InChI is InChI=1S/C15H21FN2O5S/c1-18(15(14(17)19)6-4-5-7-15)24(20,21)13-9-12(23-3)11(22-2)8-10(13)16/h8-9H,4-7H2,1-3H3,(H2,17,19). The highest BCUT2D eigenvalue weighted by Gasteiger charge is 2.49. The summed E-state index contributed by atoms with van der Waals surface area (Å²) in [4.78, 5) is 11.3. The molecular weight excluding hydrogens is 339 g/mol. The number of nitrogens with zero attached hydrogens (tertiary/aromatic N) is 1. The summed E-state index contributed by atoms with van der Waals surface area (Å²) in [5.74, 6) is -1.57. The van der Waals surface area contributed by atoms with Gasteiger partial charge in [-0.25, -0.2) is 12.8 Å². The van der Waals surface area contributed by atoms with Crippen LogP contribution in [-0.2, 0) is 14.8 Å². The summed E-state index contributed by atoms with van der Waals surface area (Å²) in [6, 6.07) is 1.98. The Morgan fingerprint density at radius 3 is 2.17 bits per heavy atom. The summed E-state index contributed by atoms with van der Waals surface area (Å²) in [5.41, 5.74) is 4.13. The van der Waals surface area contributed by atoms with Crippen molar-refractivity contribution in [1.29, 1.82) is 0 Å². The lowest BCUT2D eigenvalue weighted by molar-refractivity contribution is -0.126. The summed E-state index contributed by atoms with van der Waals surface area (Å²) in [6.07, 6.45) is 1.98. The van der Waals surface area contributed by atoms with Gasteiger partial charge in [0.25, 0.3) is 0 Å². The Balaban J connectivity index is 2.56. The molecule has 7 nitrogen and oxygen atoms in total. The highest BCUT2D eigenvalue weighted by molar-refractivity contribution is 7.89. The Morgan fingerprint density at radius 1 is 1.21 bits per heavy atom. The zero-order chi connectivity index (χ0) is 18.1. The summed E-state index contributed by atoms with van der Waals surface area (Å²) in [7, 11) is -0.406. The molecule has 134 valence electrons. The number of methoxy groups -OCH3 is 2. The fourth-order valence-electron chi connectivity index (χ4n) is 3.09. The highest BCUT2D eigenvalue weighted by atomic mass is 32.2. The number of primary amides is 1. The van der Waals surface area contributed by atoms with E-state index in [-0.39, 0.29) is 11.5 Å². The smallest absolute Gasteiger partial charge is 0.246 e. The van der Waals surface area contributed by atoms with Crippen molar-refractivity contribution < 1.29 is 27.1 Å². The zero-order valence-corrected chi connectivity index (χ0v) is 14.7.